The van der Waals surface area contributed by atoms with Gasteiger partial charge in [-0.2, -0.15) is 8.78 Å². The van der Waals surface area contributed by atoms with Gasteiger partial charge in [0.25, 0.3) is 0 Å². The molecule has 0 N–H and O–H groups in total. The van der Waals surface area contributed by atoms with Crippen LogP contribution in [0.2, 0.25) is 0 Å². The molecule has 0 saturated carbocycles. The van der Waals surface area contributed by atoms with Gasteiger partial charge in [0.2, 0.25) is 5.82 Å². The Morgan fingerprint density at radius 1 is 0.872 bits per heavy atom. The van der Waals surface area contributed by atoms with Crippen LogP contribution in [-0.2, 0) is 12.5 Å². The van der Waals surface area contributed by atoms with Crippen molar-refractivity contribution in [3.8, 4) is 27.4 Å². The van der Waals surface area contributed by atoms with Crippen molar-refractivity contribution in [2.75, 3.05) is 0 Å². The Kier molecular flexibility index (Phi) is 7.09. The SMILES string of the molecule is C=CCCc1ccc2nc(-c3cnc(C(F)(F)Oc4ccc(-c5cc(F)c(F)c(F)c5)c(F)c4)nc3)sc2c1. The van der Waals surface area contributed by atoms with Crippen LogP contribution in [0.4, 0.5) is 26.3 Å². The van der Waals surface area contributed by atoms with Crippen molar-refractivity contribution < 1.29 is 31.1 Å². The minimum atomic E-state index is -4.03. The third-order valence-corrected chi connectivity index (χ3v) is 6.80. The van der Waals surface area contributed by atoms with E-state index in [4.69, 9.17) is 0 Å². The molecule has 5 aromatic rings. The van der Waals surface area contributed by atoms with E-state index in [1.54, 1.807) is 0 Å². The van der Waals surface area contributed by atoms with Crippen LogP contribution in [0.15, 0.2) is 73.6 Å². The summed E-state index contributed by atoms with van der Waals surface area (Å²) in [6.07, 6.45) is 1.87. The van der Waals surface area contributed by atoms with Gasteiger partial charge < -0.3 is 4.74 Å². The number of hydrogen-bond acceptors (Lipinski definition) is 5. The first-order valence-electron chi connectivity index (χ1n) is 11.5. The molecular weight excluding hydrogens is 540 g/mol. The lowest BCUT2D eigenvalue weighted by Crippen LogP contribution is -2.25. The Morgan fingerprint density at radius 3 is 2.26 bits per heavy atom. The Hall–Kier alpha value is -4.25. The minimum absolute atomic E-state index is 0.316. The second kappa shape index (κ2) is 10.5. The molecule has 0 amide bonds. The average Bonchev–Trinajstić information content (AvgIpc) is 3.34. The van der Waals surface area contributed by atoms with E-state index in [9.17, 15) is 26.3 Å². The van der Waals surface area contributed by atoms with E-state index in [1.165, 1.54) is 23.7 Å². The Balaban J connectivity index is 1.34. The molecule has 0 bridgehead atoms. The summed E-state index contributed by atoms with van der Waals surface area (Å²) in [6, 6.07) is 9.63. The van der Waals surface area contributed by atoms with Crippen molar-refractivity contribution in [2.45, 2.75) is 19.0 Å². The van der Waals surface area contributed by atoms with Gasteiger partial charge in [0, 0.05) is 29.6 Å². The van der Waals surface area contributed by atoms with Crippen molar-refractivity contribution in [3.05, 3.63) is 108 Å². The molecule has 0 aliphatic rings. The fourth-order valence-corrected chi connectivity index (χ4v) is 4.81. The number of alkyl halides is 2. The molecular formula is C28H17F6N3OS. The third-order valence-electron chi connectivity index (χ3n) is 5.73. The van der Waals surface area contributed by atoms with Crippen molar-refractivity contribution in [1.82, 2.24) is 15.0 Å². The van der Waals surface area contributed by atoms with Gasteiger partial charge in [0.1, 0.15) is 16.6 Å². The highest BCUT2D eigenvalue weighted by Crippen LogP contribution is 2.35. The smallest absolute Gasteiger partial charge is 0.426 e. The molecule has 2 heterocycles. The zero-order chi connectivity index (χ0) is 27.7. The highest BCUT2D eigenvalue weighted by Gasteiger charge is 2.38. The Morgan fingerprint density at radius 2 is 1.59 bits per heavy atom. The summed E-state index contributed by atoms with van der Waals surface area (Å²) >= 11 is 1.37. The van der Waals surface area contributed by atoms with E-state index < -0.39 is 41.0 Å². The molecule has 4 nitrogen and oxygen atoms in total. The van der Waals surface area contributed by atoms with E-state index in [2.05, 4.69) is 26.3 Å². The summed E-state index contributed by atoms with van der Waals surface area (Å²) in [4.78, 5) is 12.0. The minimum Gasteiger partial charge on any atom is -0.426 e. The zero-order valence-electron chi connectivity index (χ0n) is 19.9. The molecule has 0 saturated heterocycles. The van der Waals surface area contributed by atoms with Crippen molar-refractivity contribution in [2.24, 2.45) is 0 Å². The van der Waals surface area contributed by atoms with E-state index in [0.717, 1.165) is 40.8 Å². The third kappa shape index (κ3) is 5.49. The number of thiazole rings is 1. The van der Waals surface area contributed by atoms with Gasteiger partial charge >= 0.3 is 6.11 Å². The zero-order valence-corrected chi connectivity index (χ0v) is 20.7. The highest BCUT2D eigenvalue weighted by molar-refractivity contribution is 7.21. The molecule has 0 radical (unpaired) electrons. The Bertz CT molecular complexity index is 1660. The maximum atomic E-state index is 14.8. The summed E-state index contributed by atoms with van der Waals surface area (Å²) < 4.78 is 89.9. The second-order valence-corrected chi connectivity index (χ2v) is 9.49. The number of aromatic nitrogens is 3. The van der Waals surface area contributed by atoms with Crippen molar-refractivity contribution >= 4 is 21.6 Å². The standard InChI is InChI=1S/C28H17F6N3OS/c1-2-3-4-15-5-8-23-24(9-15)39-26(37-23)17-13-35-27(36-14-17)28(33,34)38-18-6-7-19(20(29)12-18)16-10-21(30)25(32)22(31)11-16/h2,5-14H,1,3-4H2. The summed E-state index contributed by atoms with van der Waals surface area (Å²) in [6.45, 7) is 3.72. The molecule has 11 heteroatoms. The largest absolute Gasteiger partial charge is 0.462 e. The number of ether oxygens (including phenoxy) is 1. The molecule has 0 atom stereocenters. The van der Waals surface area contributed by atoms with E-state index in [-0.39, 0.29) is 11.1 Å². The first-order chi connectivity index (χ1) is 18.6. The van der Waals surface area contributed by atoms with Gasteiger partial charge in [-0.05, 0) is 60.4 Å². The predicted molar refractivity (Wildman–Crippen MR) is 135 cm³/mol. The topological polar surface area (TPSA) is 47.9 Å². The molecule has 39 heavy (non-hydrogen) atoms. The summed E-state index contributed by atoms with van der Waals surface area (Å²) in [5, 5.41) is 0.549. The Labute approximate surface area is 222 Å². The number of hydrogen-bond donors (Lipinski definition) is 0. The van der Waals surface area contributed by atoms with Crippen LogP contribution in [0.25, 0.3) is 31.9 Å². The number of benzene rings is 3. The lowest BCUT2D eigenvalue weighted by atomic mass is 10.0. The summed E-state index contributed by atoms with van der Waals surface area (Å²) in [7, 11) is 0. The monoisotopic (exact) mass is 557 g/mol. The van der Waals surface area contributed by atoms with E-state index >= 15 is 0 Å². The number of allylic oxidation sites excluding steroid dienone is 1. The number of nitrogens with zero attached hydrogens (tertiary/aromatic N) is 3. The van der Waals surface area contributed by atoms with Crippen LogP contribution >= 0.6 is 11.3 Å². The first-order valence-corrected chi connectivity index (χ1v) is 12.3. The van der Waals surface area contributed by atoms with Crippen molar-refractivity contribution in [3.63, 3.8) is 0 Å². The molecule has 0 aliphatic carbocycles. The lowest BCUT2D eigenvalue weighted by molar-refractivity contribution is -0.192. The van der Waals surface area contributed by atoms with Crippen LogP contribution in [0.3, 0.4) is 0 Å². The number of rotatable bonds is 8. The molecule has 0 fully saturated rings. The molecule has 0 spiro atoms. The number of aryl methyl sites for hydroxylation is 1. The molecule has 3 aromatic carbocycles. The predicted octanol–water partition coefficient (Wildman–Crippen LogP) is 8.22. The molecule has 0 unspecified atom stereocenters. The maximum Gasteiger partial charge on any atom is 0.462 e. The number of halogens is 6. The lowest BCUT2D eigenvalue weighted by Gasteiger charge is -2.17. The normalized spacial score (nSPS) is 11.6. The molecule has 5 rings (SSSR count). The van der Waals surface area contributed by atoms with E-state index in [1.807, 2.05) is 24.3 Å². The quantitative estimate of drug-likeness (QED) is 0.110. The second-order valence-electron chi connectivity index (χ2n) is 8.46. The van der Waals surface area contributed by atoms with Gasteiger partial charge in [-0.3, -0.25) is 0 Å². The van der Waals surface area contributed by atoms with Gasteiger partial charge in [0.15, 0.2) is 17.5 Å². The highest BCUT2D eigenvalue weighted by atomic mass is 32.1. The van der Waals surface area contributed by atoms with Gasteiger partial charge in [-0.15, -0.1) is 17.9 Å². The van der Waals surface area contributed by atoms with Crippen LogP contribution in [0.1, 0.15) is 17.8 Å². The maximum absolute atomic E-state index is 14.8. The molecule has 0 aliphatic heterocycles. The average molecular weight is 558 g/mol. The fraction of sp³-hybridized carbons (Fsp3) is 0.107. The van der Waals surface area contributed by atoms with Gasteiger partial charge in [-0.25, -0.2) is 32.5 Å². The van der Waals surface area contributed by atoms with Crippen LogP contribution < -0.4 is 4.74 Å². The molecule has 2 aromatic heterocycles. The van der Waals surface area contributed by atoms with E-state index in [0.29, 0.717) is 28.8 Å². The number of fused-ring (bicyclic) bond motifs is 1. The molecule has 198 valence electrons. The van der Waals surface area contributed by atoms with Crippen molar-refractivity contribution in [1.29, 1.82) is 0 Å². The fourth-order valence-electron chi connectivity index (χ4n) is 3.80. The summed E-state index contributed by atoms with van der Waals surface area (Å²) in [5.41, 5.74) is 1.66. The van der Waals surface area contributed by atoms with Gasteiger partial charge in [-0.1, -0.05) is 12.1 Å². The van der Waals surface area contributed by atoms with Crippen LogP contribution in [0, 0.1) is 23.3 Å². The summed E-state index contributed by atoms with van der Waals surface area (Å²) in [5.74, 6) is -7.41. The van der Waals surface area contributed by atoms with Crippen LogP contribution in [-0.4, -0.2) is 15.0 Å². The van der Waals surface area contributed by atoms with Crippen LogP contribution in [0.5, 0.6) is 5.75 Å². The first kappa shape index (κ1) is 26.4. The van der Waals surface area contributed by atoms with Gasteiger partial charge in [0.05, 0.1) is 10.2 Å².